The van der Waals surface area contributed by atoms with Crippen molar-refractivity contribution in [3.05, 3.63) is 0 Å². The Balaban J connectivity index is 0. The van der Waals surface area contributed by atoms with E-state index in [1.165, 1.54) is 0 Å². The molecule has 0 fully saturated rings. The smallest absolute Gasteiger partial charge is 0 e. The van der Waals surface area contributed by atoms with Crippen molar-refractivity contribution in [1.82, 2.24) is 0 Å². The Morgan fingerprint density at radius 3 is 1.00 bits per heavy atom. The summed E-state index contributed by atoms with van der Waals surface area (Å²) in [6.07, 6.45) is 0. The van der Waals surface area contributed by atoms with Gasteiger partial charge in [0.15, 0.2) is 0 Å². The van der Waals surface area contributed by atoms with E-state index in [9.17, 15) is 0 Å². The van der Waals surface area contributed by atoms with E-state index in [1.54, 1.807) is 0 Å². The summed E-state index contributed by atoms with van der Waals surface area (Å²) in [7, 11) is 0. The van der Waals surface area contributed by atoms with Crippen molar-refractivity contribution in [2.75, 3.05) is 0 Å². The summed E-state index contributed by atoms with van der Waals surface area (Å²) < 4.78 is 0. The van der Waals surface area contributed by atoms with Gasteiger partial charge in [-0.05, 0) is 0 Å². The van der Waals surface area contributed by atoms with Crippen molar-refractivity contribution >= 4 is 48.9 Å². The molecule has 0 atom stereocenters. The average Bonchev–Trinajstić information content (AvgIpc) is 0. The largest absolute Gasteiger partial charge is 0 e. The van der Waals surface area contributed by atoms with Gasteiger partial charge in [-0.15, -0.1) is 0 Å². The van der Waals surface area contributed by atoms with Crippen LogP contribution in [-0.2, 0) is 68.0 Å². The normalized spacial score (nSPS) is 0. The maximum atomic E-state index is 0. The zero-order valence-corrected chi connectivity index (χ0v) is 5.79. The molecule has 0 aromatic carbocycles. The Hall–Kier alpha value is 3.64. The van der Waals surface area contributed by atoms with Crippen LogP contribution in [0.1, 0.15) is 0 Å². The molecule has 38 valence electrons. The van der Waals surface area contributed by atoms with Gasteiger partial charge in [0.1, 0.15) is 0 Å². The van der Waals surface area contributed by atoms with Gasteiger partial charge in [0.2, 0.25) is 0 Å². The summed E-state index contributed by atoms with van der Waals surface area (Å²) in [6.45, 7) is 0. The molecule has 5 heteroatoms. The third kappa shape index (κ3) is 18.3. The molecule has 0 aromatic rings. The Bertz CT molecular complexity index is 11.6. The van der Waals surface area contributed by atoms with Crippen LogP contribution in [0.3, 0.4) is 0 Å². The summed E-state index contributed by atoms with van der Waals surface area (Å²) in [4.78, 5) is 0. The molecule has 0 saturated carbocycles. The molecule has 0 heterocycles. The third-order valence-electron chi connectivity index (χ3n) is 0. The minimum Gasteiger partial charge on any atom is 0 e. The molecule has 0 aromatic heterocycles. The van der Waals surface area contributed by atoms with Gasteiger partial charge in [-0.1, -0.05) is 0 Å². The van der Waals surface area contributed by atoms with Crippen molar-refractivity contribution in [3.63, 3.8) is 0 Å². The van der Waals surface area contributed by atoms with E-state index in [4.69, 9.17) is 0 Å². The maximum absolute atomic E-state index is 0. The first-order chi connectivity index (χ1) is 0. The van der Waals surface area contributed by atoms with Crippen molar-refractivity contribution in [2.24, 2.45) is 0 Å². The molecule has 5 heavy (non-hydrogen) atoms. The minimum absolute atomic E-state index is 0. The van der Waals surface area contributed by atoms with Gasteiger partial charge in [0.25, 0.3) is 0 Å². The first-order valence-electron chi connectivity index (χ1n) is 0. The average molecular weight is 369 g/mol. The molecular formula is H2BaCrCuMnNi. The van der Waals surface area contributed by atoms with E-state index < -0.39 is 0 Å². The van der Waals surface area contributed by atoms with E-state index >= 15 is 0 Å². The Morgan fingerprint density at radius 1 is 1.00 bits per heavy atom. The van der Waals surface area contributed by atoms with E-state index in [2.05, 4.69) is 0 Å². The predicted molar refractivity (Wildman–Crippen MR) is 8.54 cm³/mol. The second-order valence-electron chi connectivity index (χ2n) is 0. The fraction of sp³-hybridized carbons (Fsp3) is 0. The van der Waals surface area contributed by atoms with Crippen molar-refractivity contribution in [3.8, 4) is 0 Å². The minimum atomic E-state index is 0. The van der Waals surface area contributed by atoms with Crippen molar-refractivity contribution in [1.29, 1.82) is 0 Å². The van der Waals surface area contributed by atoms with Crippen LogP contribution in [0.2, 0.25) is 0 Å². The van der Waals surface area contributed by atoms with Gasteiger partial charge in [-0.3, -0.25) is 0 Å². The van der Waals surface area contributed by atoms with Gasteiger partial charge < -0.3 is 0 Å². The van der Waals surface area contributed by atoms with Gasteiger partial charge in [-0.25, -0.2) is 0 Å². The van der Waals surface area contributed by atoms with Crippen molar-refractivity contribution in [2.45, 2.75) is 0 Å². The molecule has 0 amide bonds. The second-order valence-corrected chi connectivity index (χ2v) is 0. The van der Waals surface area contributed by atoms with Crippen LogP contribution in [-0.4, -0.2) is 48.9 Å². The Kier molecular flexibility index (Phi) is 194. The molecule has 0 bridgehead atoms. The number of hydrogen-bond donors (Lipinski definition) is 0. The molecule has 0 saturated heterocycles. The monoisotopic (exact) mass is 368 g/mol. The first-order valence-corrected chi connectivity index (χ1v) is 0. The summed E-state index contributed by atoms with van der Waals surface area (Å²) in [5, 5.41) is 0. The SMILES string of the molecule is [BaH2].[Cr].[Cu].[Mn].[Ni]. The van der Waals surface area contributed by atoms with Crippen LogP contribution in [0.4, 0.5) is 0 Å². The van der Waals surface area contributed by atoms with Crippen LogP contribution in [0, 0.1) is 0 Å². The summed E-state index contributed by atoms with van der Waals surface area (Å²) in [6, 6.07) is 0. The molecule has 0 spiro atoms. The molecule has 0 nitrogen and oxygen atoms in total. The standard InChI is InChI=1S/Ba.Cr.Cu.Mn.Ni.2H. The van der Waals surface area contributed by atoms with E-state index in [-0.39, 0.29) is 117 Å². The van der Waals surface area contributed by atoms with E-state index in [0.29, 0.717) is 0 Å². The van der Waals surface area contributed by atoms with Gasteiger partial charge in [0.05, 0.1) is 0 Å². The van der Waals surface area contributed by atoms with Crippen LogP contribution in [0.5, 0.6) is 0 Å². The van der Waals surface area contributed by atoms with Crippen LogP contribution >= 0.6 is 0 Å². The quantitative estimate of drug-likeness (QED) is 0.485. The second kappa shape index (κ2) is 25.4. The topological polar surface area (TPSA) is 0 Å². The zero-order chi connectivity index (χ0) is 0. The fourth-order valence-corrected chi connectivity index (χ4v) is 0. The first kappa shape index (κ1) is 38.1. The molecule has 0 aliphatic heterocycles. The van der Waals surface area contributed by atoms with E-state index in [0.717, 1.165) is 0 Å². The fourth-order valence-electron chi connectivity index (χ4n) is 0. The zero-order valence-electron chi connectivity index (χ0n) is 1.40. The molecular weight excluding hydrogens is 367 g/mol. The third-order valence-corrected chi connectivity index (χ3v) is 0. The predicted octanol–water partition coefficient (Wildman–Crippen LogP) is -0.926. The summed E-state index contributed by atoms with van der Waals surface area (Å²) in [5.74, 6) is 0. The van der Waals surface area contributed by atoms with Gasteiger partial charge in [-0.2, -0.15) is 0 Å². The Labute approximate surface area is 114 Å². The molecule has 0 aliphatic carbocycles. The molecule has 0 N–H and O–H groups in total. The van der Waals surface area contributed by atoms with Crippen LogP contribution in [0.25, 0.3) is 0 Å². The van der Waals surface area contributed by atoms with E-state index in [1.807, 2.05) is 0 Å². The van der Waals surface area contributed by atoms with Crippen LogP contribution < -0.4 is 0 Å². The number of rotatable bonds is 0. The number of hydrogen-bond acceptors (Lipinski definition) is 0. The molecule has 0 aliphatic rings. The maximum Gasteiger partial charge on any atom is 0 e. The van der Waals surface area contributed by atoms with Gasteiger partial charge >= 0.3 is 48.9 Å². The van der Waals surface area contributed by atoms with Crippen LogP contribution in [0.15, 0.2) is 0 Å². The Morgan fingerprint density at radius 2 is 1.00 bits per heavy atom. The summed E-state index contributed by atoms with van der Waals surface area (Å²) in [5.41, 5.74) is 0. The molecule has 2 radical (unpaired) electrons. The molecule has 0 unspecified atom stereocenters. The van der Waals surface area contributed by atoms with Crippen molar-refractivity contribution < 1.29 is 68.0 Å². The molecule has 0 rings (SSSR count). The summed E-state index contributed by atoms with van der Waals surface area (Å²) >= 11 is 0. The van der Waals surface area contributed by atoms with Gasteiger partial charge in [0, 0.05) is 68.0 Å².